The highest BCUT2D eigenvalue weighted by atomic mass is 79.9. The number of rotatable bonds is 6. The second kappa shape index (κ2) is 8.84. The molecule has 0 saturated carbocycles. The second-order valence-corrected chi connectivity index (χ2v) is 6.64. The highest BCUT2D eigenvalue weighted by Gasteiger charge is 2.25. The van der Waals surface area contributed by atoms with Crippen molar-refractivity contribution in [1.82, 2.24) is 0 Å². The van der Waals surface area contributed by atoms with Crippen molar-refractivity contribution >= 4 is 39.8 Å². The zero-order valence-electron chi connectivity index (χ0n) is 15.4. The number of halogens is 1. The van der Waals surface area contributed by atoms with Crippen LogP contribution in [0.4, 0.5) is 0 Å². The van der Waals surface area contributed by atoms with Crippen LogP contribution in [0.25, 0.3) is 6.08 Å². The normalized spacial score (nSPS) is 14.6. The van der Waals surface area contributed by atoms with Crippen LogP contribution in [0.1, 0.15) is 31.4 Å². The van der Waals surface area contributed by atoms with E-state index < -0.39 is 5.97 Å². The summed E-state index contributed by atoms with van der Waals surface area (Å²) in [6, 6.07) is 12.4. The monoisotopic (exact) mass is 443 g/mol. The number of hydrogen-bond acceptors (Lipinski definition) is 6. The third-order valence-electron chi connectivity index (χ3n) is 3.81. The molecule has 0 N–H and O–H groups in total. The Hall–Kier alpha value is -2.93. The Morgan fingerprint density at radius 2 is 1.96 bits per heavy atom. The third kappa shape index (κ3) is 4.48. The molecule has 0 spiro atoms. The summed E-state index contributed by atoms with van der Waals surface area (Å²) in [7, 11) is 0. The third-order valence-corrected chi connectivity index (χ3v) is 4.50. The Morgan fingerprint density at radius 1 is 1.18 bits per heavy atom. The largest absolute Gasteiger partial charge is 0.490 e. The number of carbonyl (C=O) groups is 2. The molecule has 28 heavy (non-hydrogen) atoms. The van der Waals surface area contributed by atoms with Gasteiger partial charge in [-0.15, -0.1) is 0 Å². The highest BCUT2D eigenvalue weighted by Crippen LogP contribution is 2.31. The molecule has 2 aromatic rings. The molecule has 1 aliphatic heterocycles. The number of carbonyl (C=O) groups excluding carboxylic acids is 2. The van der Waals surface area contributed by atoms with E-state index in [-0.39, 0.29) is 24.0 Å². The first-order valence-electron chi connectivity index (χ1n) is 8.76. The topological polar surface area (TPSA) is 74.2 Å². The van der Waals surface area contributed by atoms with E-state index in [9.17, 15) is 9.59 Å². The number of cyclic esters (lactones) is 1. The zero-order chi connectivity index (χ0) is 20.1. The molecule has 0 bridgehead atoms. The number of ether oxygens (including phenoxy) is 3. The van der Waals surface area contributed by atoms with Crippen LogP contribution in [0, 0.1) is 0 Å². The van der Waals surface area contributed by atoms with Gasteiger partial charge in [-0.3, -0.25) is 4.79 Å². The quantitative estimate of drug-likeness (QED) is 0.373. The van der Waals surface area contributed by atoms with E-state index in [4.69, 9.17) is 14.2 Å². The van der Waals surface area contributed by atoms with Crippen molar-refractivity contribution in [2.45, 2.75) is 20.3 Å². The van der Waals surface area contributed by atoms with Crippen LogP contribution in [-0.2, 0) is 14.3 Å². The molecule has 0 radical (unpaired) electrons. The first-order chi connectivity index (χ1) is 13.5. The fourth-order valence-electron chi connectivity index (χ4n) is 2.48. The summed E-state index contributed by atoms with van der Waals surface area (Å²) >= 11 is 3.42. The van der Waals surface area contributed by atoms with Crippen LogP contribution in [0.15, 0.2) is 57.6 Å². The SMILES string of the molecule is CCOc1cc(/C=C2\N=C(c3ccccc3Br)OC2=O)ccc1OC(=O)CC. The van der Waals surface area contributed by atoms with E-state index in [0.717, 1.165) is 4.47 Å². The fourth-order valence-corrected chi connectivity index (χ4v) is 2.93. The van der Waals surface area contributed by atoms with Gasteiger partial charge in [-0.2, -0.15) is 0 Å². The molecule has 1 aliphatic rings. The molecule has 3 rings (SSSR count). The highest BCUT2D eigenvalue weighted by molar-refractivity contribution is 9.10. The number of benzene rings is 2. The van der Waals surface area contributed by atoms with E-state index in [1.165, 1.54) is 0 Å². The lowest BCUT2D eigenvalue weighted by molar-refractivity contribution is -0.134. The number of hydrogen-bond donors (Lipinski definition) is 0. The van der Waals surface area contributed by atoms with Crippen molar-refractivity contribution in [2.75, 3.05) is 6.61 Å². The van der Waals surface area contributed by atoms with Crippen molar-refractivity contribution in [3.8, 4) is 11.5 Å². The van der Waals surface area contributed by atoms with Crippen LogP contribution in [0.3, 0.4) is 0 Å². The first kappa shape index (κ1) is 19.8. The van der Waals surface area contributed by atoms with Gasteiger partial charge in [-0.25, -0.2) is 9.79 Å². The summed E-state index contributed by atoms with van der Waals surface area (Å²) in [6.45, 7) is 3.95. The van der Waals surface area contributed by atoms with Gasteiger partial charge in [-0.05, 0) is 58.8 Å². The van der Waals surface area contributed by atoms with Gasteiger partial charge < -0.3 is 14.2 Å². The van der Waals surface area contributed by atoms with Crippen molar-refractivity contribution in [3.63, 3.8) is 0 Å². The van der Waals surface area contributed by atoms with Crippen LogP contribution in [-0.4, -0.2) is 24.4 Å². The minimum absolute atomic E-state index is 0.173. The van der Waals surface area contributed by atoms with Crippen LogP contribution in [0.5, 0.6) is 11.5 Å². The molecule has 6 nitrogen and oxygen atoms in total. The minimum atomic E-state index is -0.537. The predicted octanol–water partition coefficient (Wildman–Crippen LogP) is 4.51. The molecule has 7 heteroatoms. The molecule has 1 heterocycles. The molecule has 0 aliphatic carbocycles. The van der Waals surface area contributed by atoms with Crippen LogP contribution in [0.2, 0.25) is 0 Å². The van der Waals surface area contributed by atoms with E-state index in [1.807, 2.05) is 31.2 Å². The van der Waals surface area contributed by atoms with Gasteiger partial charge in [0.1, 0.15) is 0 Å². The van der Waals surface area contributed by atoms with Gasteiger partial charge in [0.15, 0.2) is 17.2 Å². The summed E-state index contributed by atoms with van der Waals surface area (Å²) in [5.41, 5.74) is 1.53. The van der Waals surface area contributed by atoms with E-state index in [0.29, 0.717) is 29.2 Å². The van der Waals surface area contributed by atoms with E-state index >= 15 is 0 Å². The molecule has 0 fully saturated rings. The lowest BCUT2D eigenvalue weighted by atomic mass is 10.1. The van der Waals surface area contributed by atoms with Gasteiger partial charge in [-0.1, -0.05) is 25.1 Å². The van der Waals surface area contributed by atoms with Crippen molar-refractivity contribution in [2.24, 2.45) is 4.99 Å². The maximum absolute atomic E-state index is 12.2. The van der Waals surface area contributed by atoms with Gasteiger partial charge in [0, 0.05) is 10.9 Å². The Balaban J connectivity index is 1.92. The van der Waals surface area contributed by atoms with Gasteiger partial charge >= 0.3 is 11.9 Å². The molecule has 144 valence electrons. The maximum Gasteiger partial charge on any atom is 0.363 e. The zero-order valence-corrected chi connectivity index (χ0v) is 17.0. The van der Waals surface area contributed by atoms with Gasteiger partial charge in [0.2, 0.25) is 5.90 Å². The predicted molar refractivity (Wildman–Crippen MR) is 108 cm³/mol. The number of esters is 2. The van der Waals surface area contributed by atoms with E-state index in [2.05, 4.69) is 20.9 Å². The molecular weight excluding hydrogens is 426 g/mol. The minimum Gasteiger partial charge on any atom is -0.490 e. The summed E-state index contributed by atoms with van der Waals surface area (Å²) < 4.78 is 16.9. The van der Waals surface area contributed by atoms with Crippen molar-refractivity contribution in [3.05, 3.63) is 63.8 Å². The van der Waals surface area contributed by atoms with Crippen LogP contribution < -0.4 is 9.47 Å². The molecular formula is C21H18BrNO5. The van der Waals surface area contributed by atoms with Crippen molar-refractivity contribution in [1.29, 1.82) is 0 Å². The average molecular weight is 444 g/mol. The Bertz CT molecular complexity index is 981. The lowest BCUT2D eigenvalue weighted by Crippen LogP contribution is -2.07. The van der Waals surface area contributed by atoms with Crippen molar-refractivity contribution < 1.29 is 23.8 Å². The number of nitrogens with zero attached hydrogens (tertiary/aromatic N) is 1. The van der Waals surface area contributed by atoms with Crippen LogP contribution >= 0.6 is 15.9 Å². The maximum atomic E-state index is 12.2. The first-order valence-corrected chi connectivity index (χ1v) is 9.56. The molecule has 0 amide bonds. The lowest BCUT2D eigenvalue weighted by Gasteiger charge is -2.10. The van der Waals surface area contributed by atoms with Gasteiger partial charge in [0.25, 0.3) is 0 Å². The average Bonchev–Trinajstić information content (AvgIpc) is 3.04. The molecule has 0 aromatic heterocycles. The Labute approximate surface area is 171 Å². The molecule has 2 aromatic carbocycles. The molecule has 0 unspecified atom stereocenters. The summed E-state index contributed by atoms with van der Waals surface area (Å²) in [4.78, 5) is 28.1. The smallest absolute Gasteiger partial charge is 0.363 e. The standard InChI is InChI=1S/C21H18BrNO5/c1-3-19(24)27-17-10-9-13(12-18(17)26-4-2)11-16-21(25)28-20(23-16)14-7-5-6-8-15(14)22/h5-12H,3-4H2,1-2H3/b16-11-. The summed E-state index contributed by atoms with van der Waals surface area (Å²) in [6.07, 6.45) is 1.86. The second-order valence-electron chi connectivity index (χ2n) is 5.78. The Morgan fingerprint density at radius 3 is 2.68 bits per heavy atom. The number of aliphatic imine (C=N–C) groups is 1. The molecule has 0 atom stereocenters. The Kier molecular flexibility index (Phi) is 6.26. The molecule has 0 saturated heterocycles. The summed E-state index contributed by atoms with van der Waals surface area (Å²) in [5.74, 6) is 0.101. The summed E-state index contributed by atoms with van der Waals surface area (Å²) in [5, 5.41) is 0. The fraction of sp³-hybridized carbons (Fsp3) is 0.190. The van der Waals surface area contributed by atoms with E-state index in [1.54, 1.807) is 31.2 Å². The van der Waals surface area contributed by atoms with Gasteiger partial charge in [0.05, 0.1) is 12.2 Å².